The van der Waals surface area contributed by atoms with Crippen molar-refractivity contribution in [2.45, 2.75) is 6.61 Å². The molecule has 7 heteroatoms. The molecule has 0 N–H and O–H groups in total. The highest BCUT2D eigenvalue weighted by Crippen LogP contribution is 2.33. The van der Waals surface area contributed by atoms with E-state index in [0.717, 1.165) is 0 Å². The Hall–Kier alpha value is -3.74. The second-order valence-corrected chi connectivity index (χ2v) is 6.18. The van der Waals surface area contributed by atoms with Gasteiger partial charge < -0.3 is 14.0 Å². The van der Waals surface area contributed by atoms with Crippen LogP contribution in [0.3, 0.4) is 0 Å². The number of benzene rings is 3. The molecule has 0 aliphatic rings. The maximum absolute atomic E-state index is 13.8. The summed E-state index contributed by atoms with van der Waals surface area (Å²) in [6, 6.07) is 17.3. The molecule has 0 atom stereocenters. The first-order valence-electron chi connectivity index (χ1n) is 8.78. The smallest absolute Gasteiger partial charge is 0.258 e. The molecule has 1 heterocycles. The van der Waals surface area contributed by atoms with Crippen LogP contribution in [-0.2, 0) is 6.61 Å². The van der Waals surface area contributed by atoms with Gasteiger partial charge in [0.1, 0.15) is 18.2 Å². The van der Waals surface area contributed by atoms with E-state index >= 15 is 0 Å². The van der Waals surface area contributed by atoms with Crippen LogP contribution in [0.25, 0.3) is 22.8 Å². The largest absolute Gasteiger partial charge is 0.493 e. The van der Waals surface area contributed by atoms with Gasteiger partial charge in [0.15, 0.2) is 11.5 Å². The van der Waals surface area contributed by atoms with E-state index in [-0.39, 0.29) is 24.1 Å². The van der Waals surface area contributed by atoms with Crippen molar-refractivity contribution in [2.75, 3.05) is 7.11 Å². The van der Waals surface area contributed by atoms with Gasteiger partial charge in [-0.15, -0.1) is 0 Å². The molecule has 0 bridgehead atoms. The standard InChI is InChI=1S/C22H16F2N2O3/c1-27-20-12-15(8-11-19(20)28-13-16-4-2-3-5-18(16)24)21-25-22(29-26-21)14-6-9-17(23)10-7-14/h2-12H,13H2,1H3. The summed E-state index contributed by atoms with van der Waals surface area (Å²) < 4.78 is 43.2. The minimum atomic E-state index is -0.343. The fourth-order valence-corrected chi connectivity index (χ4v) is 2.75. The molecule has 0 fully saturated rings. The predicted octanol–water partition coefficient (Wildman–Crippen LogP) is 5.27. The summed E-state index contributed by atoms with van der Waals surface area (Å²) in [4.78, 5) is 4.34. The van der Waals surface area contributed by atoms with E-state index in [1.807, 2.05) is 0 Å². The van der Waals surface area contributed by atoms with E-state index in [2.05, 4.69) is 10.1 Å². The third-order valence-corrected chi connectivity index (χ3v) is 4.28. The Morgan fingerprint density at radius 3 is 2.41 bits per heavy atom. The fourth-order valence-electron chi connectivity index (χ4n) is 2.75. The summed E-state index contributed by atoms with van der Waals surface area (Å²) in [6.07, 6.45) is 0. The van der Waals surface area contributed by atoms with Crippen molar-refractivity contribution < 1.29 is 22.8 Å². The zero-order chi connectivity index (χ0) is 20.2. The van der Waals surface area contributed by atoms with E-state index in [1.54, 1.807) is 48.5 Å². The Morgan fingerprint density at radius 2 is 1.66 bits per heavy atom. The first kappa shape index (κ1) is 18.6. The lowest BCUT2D eigenvalue weighted by Crippen LogP contribution is -2.00. The maximum Gasteiger partial charge on any atom is 0.258 e. The highest BCUT2D eigenvalue weighted by molar-refractivity contribution is 5.63. The molecule has 3 aromatic carbocycles. The van der Waals surface area contributed by atoms with E-state index in [9.17, 15) is 8.78 Å². The molecule has 0 saturated heterocycles. The summed E-state index contributed by atoms with van der Waals surface area (Å²) in [5.74, 6) is 0.864. The van der Waals surface area contributed by atoms with Gasteiger partial charge in [-0.3, -0.25) is 0 Å². The zero-order valence-electron chi connectivity index (χ0n) is 15.4. The van der Waals surface area contributed by atoms with Gasteiger partial charge in [0.25, 0.3) is 5.89 Å². The summed E-state index contributed by atoms with van der Waals surface area (Å²) in [7, 11) is 1.51. The van der Waals surface area contributed by atoms with Crippen molar-refractivity contribution >= 4 is 0 Å². The Bertz CT molecular complexity index is 1130. The summed E-state index contributed by atoms with van der Waals surface area (Å²) >= 11 is 0. The zero-order valence-corrected chi connectivity index (χ0v) is 15.4. The molecule has 29 heavy (non-hydrogen) atoms. The van der Waals surface area contributed by atoms with Gasteiger partial charge >= 0.3 is 0 Å². The number of halogens is 2. The number of rotatable bonds is 6. The Morgan fingerprint density at radius 1 is 0.897 bits per heavy atom. The number of hydrogen-bond acceptors (Lipinski definition) is 5. The maximum atomic E-state index is 13.8. The normalized spacial score (nSPS) is 10.7. The van der Waals surface area contributed by atoms with Gasteiger partial charge in [-0.25, -0.2) is 8.78 Å². The minimum Gasteiger partial charge on any atom is -0.493 e. The van der Waals surface area contributed by atoms with Gasteiger partial charge in [0.05, 0.1) is 7.11 Å². The van der Waals surface area contributed by atoms with Crippen LogP contribution in [0.5, 0.6) is 11.5 Å². The number of nitrogens with zero attached hydrogens (tertiary/aromatic N) is 2. The lowest BCUT2D eigenvalue weighted by molar-refractivity contribution is 0.280. The van der Waals surface area contributed by atoms with Crippen molar-refractivity contribution in [2.24, 2.45) is 0 Å². The van der Waals surface area contributed by atoms with Gasteiger partial charge in [0, 0.05) is 16.7 Å². The van der Waals surface area contributed by atoms with Crippen LogP contribution in [0.15, 0.2) is 71.3 Å². The molecule has 146 valence electrons. The molecule has 5 nitrogen and oxygen atoms in total. The molecule has 0 aliphatic heterocycles. The lowest BCUT2D eigenvalue weighted by Gasteiger charge is -2.11. The number of ether oxygens (including phenoxy) is 2. The second-order valence-electron chi connectivity index (χ2n) is 6.18. The van der Waals surface area contributed by atoms with Crippen molar-refractivity contribution in [3.63, 3.8) is 0 Å². The topological polar surface area (TPSA) is 57.4 Å². The molecule has 0 aliphatic carbocycles. The summed E-state index contributed by atoms with van der Waals surface area (Å²) in [5.41, 5.74) is 1.71. The van der Waals surface area contributed by atoms with E-state index < -0.39 is 0 Å². The first-order valence-corrected chi connectivity index (χ1v) is 8.78. The van der Waals surface area contributed by atoms with Crippen LogP contribution in [0.1, 0.15) is 5.56 Å². The third-order valence-electron chi connectivity index (χ3n) is 4.28. The van der Waals surface area contributed by atoms with Crippen LogP contribution >= 0.6 is 0 Å². The van der Waals surface area contributed by atoms with Crippen LogP contribution in [0.4, 0.5) is 8.78 Å². The fraction of sp³-hybridized carbons (Fsp3) is 0.0909. The molecule has 0 spiro atoms. The third kappa shape index (κ3) is 4.08. The van der Waals surface area contributed by atoms with E-state index in [4.69, 9.17) is 14.0 Å². The van der Waals surface area contributed by atoms with Crippen molar-refractivity contribution in [3.8, 4) is 34.3 Å². The van der Waals surface area contributed by atoms with Gasteiger partial charge in [-0.2, -0.15) is 4.98 Å². The summed E-state index contributed by atoms with van der Waals surface area (Å²) in [5, 5.41) is 3.97. The van der Waals surface area contributed by atoms with E-state index in [0.29, 0.717) is 34.0 Å². The van der Waals surface area contributed by atoms with Crippen molar-refractivity contribution in [1.29, 1.82) is 0 Å². The predicted molar refractivity (Wildman–Crippen MR) is 102 cm³/mol. The quantitative estimate of drug-likeness (QED) is 0.446. The van der Waals surface area contributed by atoms with Gasteiger partial charge in [-0.1, -0.05) is 23.4 Å². The van der Waals surface area contributed by atoms with Crippen LogP contribution in [0, 0.1) is 11.6 Å². The van der Waals surface area contributed by atoms with E-state index in [1.165, 1.54) is 25.3 Å². The average molecular weight is 394 g/mol. The Kier molecular flexibility index (Phi) is 5.20. The average Bonchev–Trinajstić information content (AvgIpc) is 3.24. The first-order chi connectivity index (χ1) is 14.1. The molecule has 0 amide bonds. The molecule has 0 radical (unpaired) electrons. The molecular weight excluding hydrogens is 378 g/mol. The molecular formula is C22H16F2N2O3. The van der Waals surface area contributed by atoms with Crippen LogP contribution in [-0.4, -0.2) is 17.3 Å². The summed E-state index contributed by atoms with van der Waals surface area (Å²) in [6.45, 7) is 0.0688. The second kappa shape index (κ2) is 8.10. The number of hydrogen-bond donors (Lipinski definition) is 0. The SMILES string of the molecule is COc1cc(-c2noc(-c3ccc(F)cc3)n2)ccc1OCc1ccccc1F. The highest BCUT2D eigenvalue weighted by atomic mass is 19.1. The molecule has 0 saturated carbocycles. The van der Waals surface area contributed by atoms with Gasteiger partial charge in [-0.05, 0) is 48.5 Å². The monoisotopic (exact) mass is 394 g/mol. The number of aromatic nitrogens is 2. The lowest BCUT2D eigenvalue weighted by atomic mass is 10.2. The van der Waals surface area contributed by atoms with Crippen LogP contribution in [0.2, 0.25) is 0 Å². The Labute approximate surface area is 165 Å². The molecule has 0 unspecified atom stereocenters. The molecule has 4 aromatic rings. The van der Waals surface area contributed by atoms with Crippen molar-refractivity contribution in [3.05, 3.63) is 83.9 Å². The Balaban J connectivity index is 1.55. The number of methoxy groups -OCH3 is 1. The van der Waals surface area contributed by atoms with Crippen molar-refractivity contribution in [1.82, 2.24) is 10.1 Å². The van der Waals surface area contributed by atoms with Crippen LogP contribution < -0.4 is 9.47 Å². The molecule has 1 aromatic heterocycles. The minimum absolute atomic E-state index is 0.0688. The highest BCUT2D eigenvalue weighted by Gasteiger charge is 2.14. The van der Waals surface area contributed by atoms with Gasteiger partial charge in [0.2, 0.25) is 5.82 Å². The molecule has 4 rings (SSSR count).